The predicted octanol–water partition coefficient (Wildman–Crippen LogP) is 1.55. The van der Waals surface area contributed by atoms with Gasteiger partial charge >= 0.3 is 0 Å². The van der Waals surface area contributed by atoms with E-state index in [0.717, 1.165) is 57.1 Å². The van der Waals surface area contributed by atoms with Crippen LogP contribution in [0.15, 0.2) is 18.3 Å². The van der Waals surface area contributed by atoms with Crippen molar-refractivity contribution in [3.8, 4) is 5.75 Å². The topological polar surface area (TPSA) is 57.7 Å². The third kappa shape index (κ3) is 4.30. The molecule has 134 valence electrons. The molecule has 2 aliphatic heterocycles. The summed E-state index contributed by atoms with van der Waals surface area (Å²) in [5.41, 5.74) is 0. The molecule has 2 atom stereocenters. The van der Waals surface area contributed by atoms with Crippen molar-refractivity contribution < 1.29 is 9.53 Å². The minimum atomic E-state index is 0. The van der Waals surface area contributed by atoms with Gasteiger partial charge in [-0.25, -0.2) is 4.98 Å². The Bertz CT molecular complexity index is 549. The summed E-state index contributed by atoms with van der Waals surface area (Å²) in [6, 6.07) is 4.24. The summed E-state index contributed by atoms with van der Waals surface area (Å²) in [4.78, 5) is 21.3. The molecule has 3 rings (SSSR count). The molecule has 0 radical (unpaired) electrons. The van der Waals surface area contributed by atoms with Crippen LogP contribution >= 0.6 is 12.4 Å². The van der Waals surface area contributed by atoms with Gasteiger partial charge in [0.05, 0.1) is 7.11 Å². The van der Waals surface area contributed by atoms with E-state index >= 15 is 0 Å². The van der Waals surface area contributed by atoms with Crippen molar-refractivity contribution in [2.75, 3.05) is 44.7 Å². The van der Waals surface area contributed by atoms with Crippen molar-refractivity contribution in [3.05, 3.63) is 18.3 Å². The van der Waals surface area contributed by atoms with Gasteiger partial charge in [-0.1, -0.05) is 0 Å². The lowest BCUT2D eigenvalue weighted by Crippen LogP contribution is -2.52. The first-order valence-corrected chi connectivity index (χ1v) is 8.44. The molecule has 2 saturated heterocycles. The highest BCUT2D eigenvalue weighted by atomic mass is 35.5. The summed E-state index contributed by atoms with van der Waals surface area (Å²) in [5, 5.41) is 3.41. The van der Waals surface area contributed by atoms with E-state index in [4.69, 9.17) is 4.74 Å². The zero-order valence-electron chi connectivity index (χ0n) is 14.4. The summed E-state index contributed by atoms with van der Waals surface area (Å²) in [6.07, 6.45) is 3.68. The van der Waals surface area contributed by atoms with Crippen LogP contribution in [0.1, 0.15) is 19.8 Å². The third-order valence-electron chi connectivity index (χ3n) is 4.84. The summed E-state index contributed by atoms with van der Waals surface area (Å²) in [7, 11) is 1.66. The van der Waals surface area contributed by atoms with Crippen LogP contribution in [-0.4, -0.2) is 61.7 Å². The van der Waals surface area contributed by atoms with E-state index in [0.29, 0.717) is 11.9 Å². The van der Waals surface area contributed by atoms with Gasteiger partial charge in [-0.3, -0.25) is 4.79 Å². The molecule has 0 saturated carbocycles. The maximum absolute atomic E-state index is 12.7. The van der Waals surface area contributed by atoms with Crippen LogP contribution < -0.4 is 15.0 Å². The van der Waals surface area contributed by atoms with Gasteiger partial charge in [-0.2, -0.15) is 0 Å². The molecule has 2 fully saturated rings. The number of pyridine rings is 1. The maximum atomic E-state index is 12.7. The van der Waals surface area contributed by atoms with Crippen LogP contribution in [0.5, 0.6) is 5.75 Å². The first-order chi connectivity index (χ1) is 11.2. The van der Waals surface area contributed by atoms with Gasteiger partial charge in [0.15, 0.2) is 0 Å². The molecule has 0 aliphatic carbocycles. The molecular formula is C17H27ClN4O2. The summed E-state index contributed by atoms with van der Waals surface area (Å²) < 4.78 is 5.26. The largest absolute Gasteiger partial charge is 0.497 e. The molecule has 6 nitrogen and oxygen atoms in total. The molecule has 7 heteroatoms. The molecule has 2 aliphatic rings. The SMILES string of the molecule is COc1ccnc(N2CCN(C(=O)[C@H]3CCN[C@@H](C)C3)CC2)c1.Cl. The highest BCUT2D eigenvalue weighted by Crippen LogP contribution is 2.22. The fourth-order valence-electron chi connectivity index (χ4n) is 3.47. The van der Waals surface area contributed by atoms with Gasteiger partial charge in [0.1, 0.15) is 11.6 Å². The van der Waals surface area contributed by atoms with E-state index in [9.17, 15) is 4.79 Å². The number of rotatable bonds is 3. The van der Waals surface area contributed by atoms with Crippen molar-refractivity contribution in [1.82, 2.24) is 15.2 Å². The van der Waals surface area contributed by atoms with E-state index in [2.05, 4.69) is 22.1 Å². The van der Waals surface area contributed by atoms with Crippen LogP contribution in [0, 0.1) is 5.92 Å². The average Bonchev–Trinajstić information content (AvgIpc) is 2.61. The fraction of sp³-hybridized carbons (Fsp3) is 0.647. The smallest absolute Gasteiger partial charge is 0.225 e. The number of piperazine rings is 1. The van der Waals surface area contributed by atoms with Crippen LogP contribution in [-0.2, 0) is 4.79 Å². The van der Waals surface area contributed by atoms with Crippen molar-refractivity contribution in [2.24, 2.45) is 5.92 Å². The van der Waals surface area contributed by atoms with E-state index in [1.54, 1.807) is 13.3 Å². The number of carbonyl (C=O) groups is 1. The maximum Gasteiger partial charge on any atom is 0.225 e. The second-order valence-corrected chi connectivity index (χ2v) is 6.44. The highest BCUT2D eigenvalue weighted by Gasteiger charge is 2.30. The second kappa shape index (κ2) is 8.53. The number of amides is 1. The molecule has 1 aromatic heterocycles. The number of carbonyl (C=O) groups excluding carboxylic acids is 1. The van der Waals surface area contributed by atoms with E-state index in [-0.39, 0.29) is 18.3 Å². The molecule has 0 spiro atoms. The number of anilines is 1. The molecule has 1 aromatic rings. The second-order valence-electron chi connectivity index (χ2n) is 6.44. The highest BCUT2D eigenvalue weighted by molar-refractivity contribution is 5.85. The lowest BCUT2D eigenvalue weighted by atomic mass is 9.92. The minimum Gasteiger partial charge on any atom is -0.497 e. The Hall–Kier alpha value is -1.53. The lowest BCUT2D eigenvalue weighted by molar-refractivity contribution is -0.137. The summed E-state index contributed by atoms with van der Waals surface area (Å²) in [6.45, 7) is 6.31. The van der Waals surface area contributed by atoms with Crippen LogP contribution in [0.25, 0.3) is 0 Å². The molecule has 0 bridgehead atoms. The predicted molar refractivity (Wildman–Crippen MR) is 97.0 cm³/mol. The minimum absolute atomic E-state index is 0. The zero-order chi connectivity index (χ0) is 16.2. The average molecular weight is 355 g/mol. The van der Waals surface area contributed by atoms with Crippen molar-refractivity contribution >= 4 is 24.1 Å². The van der Waals surface area contributed by atoms with Crippen molar-refractivity contribution in [1.29, 1.82) is 0 Å². The number of aromatic nitrogens is 1. The molecular weight excluding hydrogens is 328 g/mol. The number of hydrogen-bond donors (Lipinski definition) is 1. The fourth-order valence-corrected chi connectivity index (χ4v) is 3.47. The Balaban J connectivity index is 0.00000208. The molecule has 0 unspecified atom stereocenters. The molecule has 3 heterocycles. The standard InChI is InChI=1S/C17H26N4O2.ClH/c1-13-11-14(3-5-18-13)17(22)21-9-7-20(8-10-21)16-12-15(23-2)4-6-19-16;/h4,6,12-14,18H,3,5,7-11H2,1-2H3;1H/t13-,14-;/m0./s1. The zero-order valence-corrected chi connectivity index (χ0v) is 15.2. The Kier molecular flexibility index (Phi) is 6.69. The quantitative estimate of drug-likeness (QED) is 0.892. The van der Waals surface area contributed by atoms with E-state index < -0.39 is 0 Å². The Morgan fingerprint density at radius 2 is 2.08 bits per heavy atom. The molecule has 1 N–H and O–H groups in total. The number of piperidine rings is 1. The lowest BCUT2D eigenvalue weighted by Gasteiger charge is -2.38. The van der Waals surface area contributed by atoms with Crippen LogP contribution in [0.2, 0.25) is 0 Å². The van der Waals surface area contributed by atoms with Crippen molar-refractivity contribution in [2.45, 2.75) is 25.8 Å². The number of nitrogens with zero attached hydrogens (tertiary/aromatic N) is 3. The van der Waals surface area contributed by atoms with E-state index in [1.165, 1.54) is 0 Å². The number of halogens is 1. The van der Waals surface area contributed by atoms with Gasteiger partial charge in [0.25, 0.3) is 0 Å². The van der Waals surface area contributed by atoms with Gasteiger partial charge in [0.2, 0.25) is 5.91 Å². The number of methoxy groups -OCH3 is 1. The third-order valence-corrected chi connectivity index (χ3v) is 4.84. The number of ether oxygens (including phenoxy) is 1. The summed E-state index contributed by atoms with van der Waals surface area (Å²) >= 11 is 0. The molecule has 0 aromatic carbocycles. The Morgan fingerprint density at radius 1 is 1.33 bits per heavy atom. The summed E-state index contributed by atoms with van der Waals surface area (Å²) in [5.74, 6) is 2.26. The molecule has 24 heavy (non-hydrogen) atoms. The van der Waals surface area contributed by atoms with Gasteiger partial charge in [-0.05, 0) is 32.4 Å². The Morgan fingerprint density at radius 3 is 2.75 bits per heavy atom. The molecule has 1 amide bonds. The van der Waals surface area contributed by atoms with Gasteiger partial charge in [0, 0.05) is 50.4 Å². The van der Waals surface area contributed by atoms with Crippen molar-refractivity contribution in [3.63, 3.8) is 0 Å². The van der Waals surface area contributed by atoms with Gasteiger partial charge < -0.3 is 19.9 Å². The van der Waals surface area contributed by atoms with Crippen LogP contribution in [0.4, 0.5) is 5.82 Å². The van der Waals surface area contributed by atoms with E-state index in [1.807, 2.05) is 17.0 Å². The monoisotopic (exact) mass is 354 g/mol. The Labute approximate surface area is 150 Å². The first-order valence-electron chi connectivity index (χ1n) is 8.44. The van der Waals surface area contributed by atoms with Gasteiger partial charge in [-0.15, -0.1) is 12.4 Å². The first kappa shape index (κ1) is 18.8. The normalized spacial score (nSPS) is 24.2. The van der Waals surface area contributed by atoms with Crippen LogP contribution in [0.3, 0.4) is 0 Å². The number of nitrogens with one attached hydrogen (secondary N) is 1. The number of hydrogen-bond acceptors (Lipinski definition) is 5.